The van der Waals surface area contributed by atoms with Crippen molar-refractivity contribution in [1.29, 1.82) is 0 Å². The van der Waals surface area contributed by atoms with Crippen LogP contribution in [0.2, 0.25) is 0 Å². The zero-order chi connectivity index (χ0) is 18.6. The lowest BCUT2D eigenvalue weighted by atomic mass is 10.2. The van der Waals surface area contributed by atoms with E-state index in [1.807, 2.05) is 0 Å². The molecule has 25 heavy (non-hydrogen) atoms. The van der Waals surface area contributed by atoms with Crippen LogP contribution in [0, 0.1) is 10.1 Å². The molecule has 10 heteroatoms. The normalized spacial score (nSPS) is 11.4. The van der Waals surface area contributed by atoms with E-state index < -0.39 is 32.0 Å². The number of anilines is 1. The van der Waals surface area contributed by atoms with Crippen molar-refractivity contribution in [2.75, 3.05) is 11.6 Å². The summed E-state index contributed by atoms with van der Waals surface area (Å²) in [5.41, 5.74) is -0.0321. The topological polar surface area (TPSA) is 98.5 Å². The molecule has 0 amide bonds. The van der Waals surface area contributed by atoms with Crippen LogP contribution in [0.4, 0.5) is 20.2 Å². The monoisotopic (exact) mass is 372 g/mol. The molecular weight excluding hydrogens is 358 g/mol. The van der Waals surface area contributed by atoms with Gasteiger partial charge < -0.3 is 10.1 Å². The molecule has 0 atom stereocenters. The van der Waals surface area contributed by atoms with E-state index in [2.05, 4.69) is 10.1 Å². The van der Waals surface area contributed by atoms with Crippen molar-refractivity contribution in [3.63, 3.8) is 0 Å². The quantitative estimate of drug-likeness (QED) is 0.592. The first kappa shape index (κ1) is 18.6. The van der Waals surface area contributed by atoms with Gasteiger partial charge in [0.05, 0.1) is 4.92 Å². The summed E-state index contributed by atoms with van der Waals surface area (Å²) in [4.78, 5) is 10.1. The van der Waals surface area contributed by atoms with Gasteiger partial charge in [0, 0.05) is 12.8 Å². The van der Waals surface area contributed by atoms with Gasteiger partial charge in [-0.05, 0) is 29.8 Å². The molecule has 2 aromatic rings. The van der Waals surface area contributed by atoms with Crippen molar-refractivity contribution >= 4 is 21.2 Å². The van der Waals surface area contributed by atoms with Crippen molar-refractivity contribution in [2.45, 2.75) is 18.1 Å². The standard InChI is InChI=1S/C15H14F2N2O5S/c1-25(22,23)13-7-3-6-12(14(13)19(20)21)18-9-10-4-2-5-11(8-10)24-15(16)17/h2-8,15,18H,9H2,1H3. The van der Waals surface area contributed by atoms with E-state index in [1.54, 1.807) is 6.07 Å². The number of benzene rings is 2. The van der Waals surface area contributed by atoms with E-state index in [1.165, 1.54) is 30.3 Å². The first-order valence-corrected chi connectivity index (χ1v) is 8.82. The van der Waals surface area contributed by atoms with Crippen molar-refractivity contribution in [3.8, 4) is 5.75 Å². The van der Waals surface area contributed by atoms with E-state index in [-0.39, 0.29) is 18.0 Å². The molecule has 7 nitrogen and oxygen atoms in total. The fraction of sp³-hybridized carbons (Fsp3) is 0.200. The molecule has 0 aliphatic carbocycles. The summed E-state index contributed by atoms with van der Waals surface area (Å²) in [5, 5.41) is 14.0. The number of rotatable bonds is 7. The van der Waals surface area contributed by atoms with Gasteiger partial charge in [0.1, 0.15) is 16.3 Å². The van der Waals surface area contributed by atoms with Crippen molar-refractivity contribution < 1.29 is 26.9 Å². The molecule has 0 aliphatic rings. The Balaban J connectivity index is 2.28. The third kappa shape index (κ3) is 4.86. The van der Waals surface area contributed by atoms with Gasteiger partial charge in [0.2, 0.25) is 0 Å². The van der Waals surface area contributed by atoms with Gasteiger partial charge >= 0.3 is 12.3 Å². The number of para-hydroxylation sites is 1. The van der Waals surface area contributed by atoms with Crippen LogP contribution in [0.5, 0.6) is 5.75 Å². The number of hydrogen-bond acceptors (Lipinski definition) is 6. The summed E-state index contributed by atoms with van der Waals surface area (Å²) in [5.74, 6) is -0.0475. The third-order valence-corrected chi connectivity index (χ3v) is 4.32. The molecule has 0 fully saturated rings. The minimum Gasteiger partial charge on any atom is -0.435 e. The third-order valence-electron chi connectivity index (χ3n) is 3.19. The maximum Gasteiger partial charge on any atom is 0.387 e. The summed E-state index contributed by atoms with van der Waals surface area (Å²) < 4.78 is 52.2. The van der Waals surface area contributed by atoms with Gasteiger partial charge in [0.25, 0.3) is 0 Å². The number of nitrogens with one attached hydrogen (secondary N) is 1. The molecule has 0 spiro atoms. The van der Waals surface area contributed by atoms with Crippen molar-refractivity contribution in [3.05, 3.63) is 58.1 Å². The Labute approximate surface area is 142 Å². The molecule has 0 saturated heterocycles. The van der Waals surface area contributed by atoms with Crippen LogP contribution in [-0.2, 0) is 16.4 Å². The Kier molecular flexibility index (Phi) is 5.52. The van der Waals surface area contributed by atoms with E-state index >= 15 is 0 Å². The van der Waals surface area contributed by atoms with Crippen LogP contribution in [-0.4, -0.2) is 26.2 Å². The fourth-order valence-corrected chi connectivity index (χ4v) is 3.04. The van der Waals surface area contributed by atoms with Gasteiger partial charge in [-0.15, -0.1) is 0 Å². The number of nitrogens with zero attached hydrogens (tertiary/aromatic N) is 1. The first-order valence-electron chi connectivity index (χ1n) is 6.93. The van der Waals surface area contributed by atoms with Gasteiger partial charge in [-0.1, -0.05) is 18.2 Å². The predicted octanol–water partition coefficient (Wildman–Crippen LogP) is 3.21. The largest absolute Gasteiger partial charge is 0.435 e. The summed E-state index contributed by atoms with van der Waals surface area (Å²) in [6.45, 7) is -2.91. The number of ether oxygens (including phenoxy) is 1. The molecule has 0 unspecified atom stereocenters. The van der Waals surface area contributed by atoms with Crippen LogP contribution in [0.1, 0.15) is 5.56 Å². The second kappa shape index (κ2) is 7.43. The van der Waals surface area contributed by atoms with Gasteiger partial charge in [-0.25, -0.2) is 8.42 Å². The molecule has 0 aliphatic heterocycles. The first-order chi connectivity index (χ1) is 11.7. The maximum atomic E-state index is 12.2. The highest BCUT2D eigenvalue weighted by Gasteiger charge is 2.25. The minimum atomic E-state index is -3.79. The molecule has 1 N–H and O–H groups in total. The van der Waals surface area contributed by atoms with Crippen LogP contribution < -0.4 is 10.1 Å². The van der Waals surface area contributed by atoms with Crippen LogP contribution in [0.3, 0.4) is 0 Å². The lowest BCUT2D eigenvalue weighted by Gasteiger charge is -2.11. The zero-order valence-corrected chi connectivity index (χ0v) is 13.8. The molecule has 0 radical (unpaired) electrons. The van der Waals surface area contributed by atoms with Gasteiger partial charge in [-0.2, -0.15) is 8.78 Å². The van der Waals surface area contributed by atoms with E-state index in [4.69, 9.17) is 0 Å². The van der Waals surface area contributed by atoms with Crippen molar-refractivity contribution in [2.24, 2.45) is 0 Å². The van der Waals surface area contributed by atoms with Gasteiger partial charge in [0.15, 0.2) is 9.84 Å². The predicted molar refractivity (Wildman–Crippen MR) is 86.6 cm³/mol. The molecular formula is C15H14F2N2O5S. The Morgan fingerprint density at radius 2 is 1.92 bits per heavy atom. The fourth-order valence-electron chi connectivity index (χ4n) is 2.18. The number of sulfone groups is 1. The van der Waals surface area contributed by atoms with Crippen LogP contribution >= 0.6 is 0 Å². The highest BCUT2D eigenvalue weighted by Crippen LogP contribution is 2.32. The summed E-state index contributed by atoms with van der Waals surface area (Å²) in [6.07, 6.45) is 0.879. The van der Waals surface area contributed by atoms with E-state index in [0.717, 1.165) is 12.3 Å². The van der Waals surface area contributed by atoms with E-state index in [9.17, 15) is 27.3 Å². The number of alkyl halides is 2. The van der Waals surface area contributed by atoms with Crippen LogP contribution in [0.25, 0.3) is 0 Å². The highest BCUT2D eigenvalue weighted by atomic mass is 32.2. The average Bonchev–Trinajstić information content (AvgIpc) is 2.51. The number of hydrogen-bond donors (Lipinski definition) is 1. The number of nitro groups is 1. The minimum absolute atomic E-state index is 0.00751. The number of nitro benzene ring substituents is 1. The molecule has 0 heterocycles. The second-order valence-electron chi connectivity index (χ2n) is 5.06. The number of halogens is 2. The average molecular weight is 372 g/mol. The van der Waals surface area contributed by atoms with Crippen molar-refractivity contribution in [1.82, 2.24) is 0 Å². The lowest BCUT2D eigenvalue weighted by molar-refractivity contribution is -0.386. The molecule has 2 rings (SSSR count). The molecule has 0 aromatic heterocycles. The molecule has 2 aromatic carbocycles. The molecule has 0 bridgehead atoms. The molecule has 134 valence electrons. The lowest BCUT2D eigenvalue weighted by Crippen LogP contribution is -2.08. The Morgan fingerprint density at radius 3 is 2.52 bits per heavy atom. The Bertz CT molecular complexity index is 887. The zero-order valence-electron chi connectivity index (χ0n) is 13.0. The summed E-state index contributed by atoms with van der Waals surface area (Å²) >= 11 is 0. The second-order valence-corrected chi connectivity index (χ2v) is 7.05. The summed E-state index contributed by atoms with van der Waals surface area (Å²) in [6, 6.07) is 9.70. The SMILES string of the molecule is CS(=O)(=O)c1cccc(NCc2cccc(OC(F)F)c2)c1[N+](=O)[O-]. The van der Waals surface area contributed by atoms with E-state index in [0.29, 0.717) is 5.56 Å². The Hall–Kier alpha value is -2.75. The maximum absolute atomic E-state index is 12.2. The summed E-state index contributed by atoms with van der Waals surface area (Å²) in [7, 11) is -3.79. The van der Waals surface area contributed by atoms with Gasteiger partial charge in [-0.3, -0.25) is 10.1 Å². The highest BCUT2D eigenvalue weighted by molar-refractivity contribution is 7.90. The van der Waals surface area contributed by atoms with Crippen LogP contribution in [0.15, 0.2) is 47.4 Å². The molecule has 0 saturated carbocycles. The Morgan fingerprint density at radius 1 is 1.24 bits per heavy atom. The smallest absolute Gasteiger partial charge is 0.387 e.